The van der Waals surface area contributed by atoms with E-state index in [1.165, 1.54) is 11.1 Å². The summed E-state index contributed by atoms with van der Waals surface area (Å²) < 4.78 is 0. The minimum atomic E-state index is -0.372. The number of aliphatic hydroxyl groups excluding tert-OH is 1. The molecule has 3 rings (SSSR count). The predicted molar refractivity (Wildman–Crippen MR) is 109 cm³/mol. The summed E-state index contributed by atoms with van der Waals surface area (Å²) in [7, 11) is 0. The molecule has 0 aliphatic carbocycles. The maximum Gasteiger partial charge on any atom is 0.104 e. The molecule has 1 saturated heterocycles. The number of hydrogen-bond acceptors (Lipinski definition) is 3. The first-order chi connectivity index (χ1) is 11.1. The second kappa shape index (κ2) is 10.4. The molecule has 6 heteroatoms. The Morgan fingerprint density at radius 1 is 0.800 bits per heavy atom. The van der Waals surface area contributed by atoms with Crippen LogP contribution in [-0.4, -0.2) is 47.3 Å². The summed E-state index contributed by atoms with van der Waals surface area (Å²) in [6.45, 7) is 5.48. The quantitative estimate of drug-likeness (QED) is 0.827. The third-order valence-corrected chi connectivity index (χ3v) is 4.80. The number of piperazine rings is 1. The summed E-state index contributed by atoms with van der Waals surface area (Å²) in [5.74, 6) is 0. The standard InChI is InChI=1S/C19H23ClN2O.2ClH/c1-15(23)21-11-13-22(14-12-21)19(16-5-3-2-4-6-16)17-7-9-18(20)10-8-17;;/h2-10,15,19,23H,11-14H2,1H3;2*1H. The molecule has 1 fully saturated rings. The highest BCUT2D eigenvalue weighted by atomic mass is 35.5. The average Bonchev–Trinajstić information content (AvgIpc) is 2.58. The van der Waals surface area contributed by atoms with Crippen molar-refractivity contribution in [2.24, 2.45) is 0 Å². The van der Waals surface area contributed by atoms with Crippen LogP contribution in [-0.2, 0) is 0 Å². The van der Waals surface area contributed by atoms with Gasteiger partial charge in [-0.25, -0.2) is 0 Å². The second-order valence-electron chi connectivity index (χ2n) is 6.07. The van der Waals surface area contributed by atoms with E-state index in [4.69, 9.17) is 11.6 Å². The van der Waals surface area contributed by atoms with Crippen molar-refractivity contribution >= 4 is 36.4 Å². The van der Waals surface area contributed by atoms with Crippen LogP contribution in [0.1, 0.15) is 24.1 Å². The van der Waals surface area contributed by atoms with E-state index in [-0.39, 0.29) is 37.1 Å². The summed E-state index contributed by atoms with van der Waals surface area (Å²) >= 11 is 6.05. The van der Waals surface area contributed by atoms with E-state index in [1.54, 1.807) is 0 Å². The number of benzene rings is 2. The molecule has 1 heterocycles. The van der Waals surface area contributed by atoms with Gasteiger partial charge in [0, 0.05) is 31.2 Å². The molecule has 1 N–H and O–H groups in total. The van der Waals surface area contributed by atoms with E-state index in [0.717, 1.165) is 31.2 Å². The lowest BCUT2D eigenvalue weighted by Crippen LogP contribution is -2.50. The van der Waals surface area contributed by atoms with Gasteiger partial charge >= 0.3 is 0 Å². The summed E-state index contributed by atoms with van der Waals surface area (Å²) in [5, 5.41) is 10.5. The van der Waals surface area contributed by atoms with Gasteiger partial charge in [0.1, 0.15) is 6.23 Å². The van der Waals surface area contributed by atoms with E-state index in [2.05, 4.69) is 46.2 Å². The molecule has 0 amide bonds. The zero-order valence-corrected chi connectivity index (χ0v) is 16.6. The SMILES string of the molecule is CC(O)N1CCN(C(c2ccccc2)c2ccc(Cl)cc2)CC1.Cl.Cl. The molecular formula is C19H25Cl3N2O. The maximum absolute atomic E-state index is 9.76. The van der Waals surface area contributed by atoms with Crippen molar-refractivity contribution in [3.05, 3.63) is 70.7 Å². The number of rotatable bonds is 4. The lowest BCUT2D eigenvalue weighted by molar-refractivity contribution is -0.0182. The molecule has 2 aromatic rings. The highest BCUT2D eigenvalue weighted by molar-refractivity contribution is 6.30. The molecule has 2 atom stereocenters. The highest BCUT2D eigenvalue weighted by Gasteiger charge is 2.27. The van der Waals surface area contributed by atoms with Gasteiger partial charge < -0.3 is 5.11 Å². The zero-order valence-electron chi connectivity index (χ0n) is 14.2. The molecule has 3 nitrogen and oxygen atoms in total. The van der Waals surface area contributed by atoms with Gasteiger partial charge in [-0.15, -0.1) is 24.8 Å². The fourth-order valence-corrected chi connectivity index (χ4v) is 3.39. The first-order valence-electron chi connectivity index (χ1n) is 8.12. The van der Waals surface area contributed by atoms with Crippen LogP contribution >= 0.6 is 36.4 Å². The fraction of sp³-hybridized carbons (Fsp3) is 0.368. The van der Waals surface area contributed by atoms with E-state index in [1.807, 2.05) is 25.1 Å². The van der Waals surface area contributed by atoms with Crippen LogP contribution in [0, 0.1) is 0 Å². The molecule has 138 valence electrons. The third kappa shape index (κ3) is 5.58. The predicted octanol–water partition coefficient (Wildman–Crippen LogP) is 4.23. The Hall–Kier alpha value is -0.810. The Balaban J connectivity index is 0.00000156. The molecular weight excluding hydrogens is 379 g/mol. The van der Waals surface area contributed by atoms with E-state index in [0.29, 0.717) is 0 Å². The smallest absolute Gasteiger partial charge is 0.104 e. The van der Waals surface area contributed by atoms with Crippen LogP contribution < -0.4 is 0 Å². The van der Waals surface area contributed by atoms with Crippen LogP contribution in [0.4, 0.5) is 0 Å². The molecule has 1 aliphatic heterocycles. The van der Waals surface area contributed by atoms with Crippen molar-refractivity contribution in [3.8, 4) is 0 Å². The molecule has 0 spiro atoms. The Morgan fingerprint density at radius 2 is 1.28 bits per heavy atom. The molecule has 2 aromatic carbocycles. The van der Waals surface area contributed by atoms with Crippen LogP contribution in [0.3, 0.4) is 0 Å². The Kier molecular flexibility index (Phi) is 9.22. The van der Waals surface area contributed by atoms with E-state index >= 15 is 0 Å². The largest absolute Gasteiger partial charge is 0.379 e. The van der Waals surface area contributed by atoms with Crippen LogP contribution in [0.25, 0.3) is 0 Å². The van der Waals surface area contributed by atoms with Crippen LogP contribution in [0.15, 0.2) is 54.6 Å². The van der Waals surface area contributed by atoms with Gasteiger partial charge in [0.15, 0.2) is 0 Å². The first-order valence-corrected chi connectivity index (χ1v) is 8.49. The lowest BCUT2D eigenvalue weighted by atomic mass is 9.96. The van der Waals surface area contributed by atoms with Crippen molar-refractivity contribution in [2.75, 3.05) is 26.2 Å². The van der Waals surface area contributed by atoms with Gasteiger partial charge in [-0.1, -0.05) is 54.1 Å². The molecule has 0 bridgehead atoms. The van der Waals surface area contributed by atoms with Gasteiger partial charge in [0.2, 0.25) is 0 Å². The van der Waals surface area contributed by atoms with Crippen LogP contribution in [0.2, 0.25) is 5.02 Å². The highest BCUT2D eigenvalue weighted by Crippen LogP contribution is 2.30. The Labute approximate surface area is 167 Å². The number of halogens is 3. The number of hydrogen-bond donors (Lipinski definition) is 1. The molecule has 25 heavy (non-hydrogen) atoms. The third-order valence-electron chi connectivity index (χ3n) is 4.54. The number of nitrogens with zero attached hydrogens (tertiary/aromatic N) is 2. The molecule has 0 saturated carbocycles. The molecule has 0 aromatic heterocycles. The normalized spacial score (nSPS) is 17.9. The van der Waals surface area contributed by atoms with E-state index in [9.17, 15) is 5.11 Å². The van der Waals surface area contributed by atoms with Crippen molar-refractivity contribution < 1.29 is 5.11 Å². The summed E-state index contributed by atoms with van der Waals surface area (Å²) in [5.41, 5.74) is 2.55. The molecule has 0 radical (unpaired) electrons. The van der Waals surface area contributed by atoms with Gasteiger partial charge in [-0.3, -0.25) is 9.80 Å². The topological polar surface area (TPSA) is 26.7 Å². The van der Waals surface area contributed by atoms with Gasteiger partial charge in [-0.05, 0) is 30.2 Å². The minimum Gasteiger partial charge on any atom is -0.379 e. The van der Waals surface area contributed by atoms with Crippen molar-refractivity contribution in [2.45, 2.75) is 19.2 Å². The molecule has 1 aliphatic rings. The average molecular weight is 404 g/mol. The zero-order chi connectivity index (χ0) is 16.2. The first kappa shape index (κ1) is 22.2. The van der Waals surface area contributed by atoms with Crippen molar-refractivity contribution in [1.82, 2.24) is 9.80 Å². The fourth-order valence-electron chi connectivity index (χ4n) is 3.26. The Bertz CT molecular complexity index is 614. The van der Waals surface area contributed by atoms with Gasteiger partial charge in [0.25, 0.3) is 0 Å². The summed E-state index contributed by atoms with van der Waals surface area (Å²) in [6, 6.07) is 19.0. The number of aliphatic hydroxyl groups is 1. The van der Waals surface area contributed by atoms with Crippen molar-refractivity contribution in [3.63, 3.8) is 0 Å². The Morgan fingerprint density at radius 3 is 1.80 bits per heavy atom. The second-order valence-corrected chi connectivity index (χ2v) is 6.51. The van der Waals surface area contributed by atoms with E-state index < -0.39 is 0 Å². The molecule has 2 unspecified atom stereocenters. The summed E-state index contributed by atoms with van der Waals surface area (Å²) in [6.07, 6.45) is -0.372. The minimum absolute atomic E-state index is 0. The van der Waals surface area contributed by atoms with Gasteiger partial charge in [0.05, 0.1) is 6.04 Å². The summed E-state index contributed by atoms with van der Waals surface area (Å²) in [4.78, 5) is 4.60. The monoisotopic (exact) mass is 402 g/mol. The van der Waals surface area contributed by atoms with Crippen LogP contribution in [0.5, 0.6) is 0 Å². The maximum atomic E-state index is 9.76. The lowest BCUT2D eigenvalue weighted by Gasteiger charge is -2.40. The van der Waals surface area contributed by atoms with Gasteiger partial charge in [-0.2, -0.15) is 0 Å². The van der Waals surface area contributed by atoms with Crippen molar-refractivity contribution in [1.29, 1.82) is 0 Å².